The SMILES string of the molecule is CCCC(C)COCc1cc(C(=O)O)no1. The van der Waals surface area contributed by atoms with Gasteiger partial charge in [0.05, 0.1) is 0 Å². The quantitative estimate of drug-likeness (QED) is 0.773. The second-order valence-corrected chi connectivity index (χ2v) is 3.89. The van der Waals surface area contributed by atoms with E-state index in [1.807, 2.05) is 0 Å². The number of aromatic nitrogens is 1. The van der Waals surface area contributed by atoms with Gasteiger partial charge in [-0.15, -0.1) is 0 Å². The molecule has 0 radical (unpaired) electrons. The molecule has 0 aromatic carbocycles. The topological polar surface area (TPSA) is 72.6 Å². The molecule has 1 rings (SSSR count). The average Bonchev–Trinajstić information content (AvgIpc) is 2.67. The van der Waals surface area contributed by atoms with E-state index in [9.17, 15) is 4.79 Å². The predicted molar refractivity (Wildman–Crippen MR) is 57.2 cm³/mol. The number of carbonyl (C=O) groups is 1. The number of hydrogen-bond acceptors (Lipinski definition) is 4. The first-order valence-corrected chi connectivity index (χ1v) is 5.40. The Labute approximate surface area is 94.4 Å². The first-order valence-electron chi connectivity index (χ1n) is 5.40. The van der Waals surface area contributed by atoms with Crippen LogP contribution in [0.15, 0.2) is 10.6 Å². The maximum atomic E-state index is 10.5. The number of nitrogens with zero attached hydrogens (tertiary/aromatic N) is 1. The van der Waals surface area contributed by atoms with Crippen LogP contribution in [-0.2, 0) is 11.3 Å². The number of rotatable bonds is 7. The van der Waals surface area contributed by atoms with Crippen molar-refractivity contribution in [2.45, 2.75) is 33.3 Å². The van der Waals surface area contributed by atoms with Gasteiger partial charge in [0.15, 0.2) is 11.5 Å². The Morgan fingerprint density at radius 1 is 1.69 bits per heavy atom. The van der Waals surface area contributed by atoms with Crippen molar-refractivity contribution in [3.63, 3.8) is 0 Å². The first kappa shape index (κ1) is 12.7. The smallest absolute Gasteiger partial charge is 0.358 e. The fourth-order valence-electron chi connectivity index (χ4n) is 1.42. The summed E-state index contributed by atoms with van der Waals surface area (Å²) in [5.41, 5.74) is -0.0831. The molecule has 0 aliphatic heterocycles. The molecule has 1 unspecified atom stereocenters. The fraction of sp³-hybridized carbons (Fsp3) is 0.636. The zero-order valence-electron chi connectivity index (χ0n) is 9.60. The molecule has 5 heteroatoms. The van der Waals surface area contributed by atoms with Crippen LogP contribution >= 0.6 is 0 Å². The van der Waals surface area contributed by atoms with Gasteiger partial charge in [0.1, 0.15) is 6.61 Å². The van der Waals surface area contributed by atoms with Crippen LogP contribution in [0, 0.1) is 5.92 Å². The van der Waals surface area contributed by atoms with E-state index in [1.54, 1.807) is 0 Å². The van der Waals surface area contributed by atoms with Crippen molar-refractivity contribution in [2.75, 3.05) is 6.61 Å². The minimum absolute atomic E-state index is 0.0831. The summed E-state index contributed by atoms with van der Waals surface area (Å²) in [5.74, 6) is -0.137. The van der Waals surface area contributed by atoms with Crippen molar-refractivity contribution in [1.29, 1.82) is 0 Å². The minimum Gasteiger partial charge on any atom is -0.476 e. The second-order valence-electron chi connectivity index (χ2n) is 3.89. The fourth-order valence-corrected chi connectivity index (χ4v) is 1.42. The van der Waals surface area contributed by atoms with E-state index in [0.717, 1.165) is 12.8 Å². The van der Waals surface area contributed by atoms with Gasteiger partial charge in [-0.05, 0) is 12.3 Å². The molecule has 16 heavy (non-hydrogen) atoms. The first-order chi connectivity index (χ1) is 7.63. The minimum atomic E-state index is -1.09. The van der Waals surface area contributed by atoms with Gasteiger partial charge in [-0.3, -0.25) is 0 Å². The van der Waals surface area contributed by atoms with Crippen LogP contribution in [-0.4, -0.2) is 22.8 Å². The number of hydrogen-bond donors (Lipinski definition) is 1. The molecular formula is C11H17NO4. The zero-order chi connectivity index (χ0) is 12.0. The molecule has 1 aromatic heterocycles. The highest BCUT2D eigenvalue weighted by Crippen LogP contribution is 2.09. The molecular weight excluding hydrogens is 210 g/mol. The standard InChI is InChI=1S/C11H17NO4/c1-3-4-8(2)6-15-7-9-5-10(11(13)14)12-16-9/h5,8H,3-4,6-7H2,1-2H3,(H,13,14). The monoisotopic (exact) mass is 227 g/mol. The molecule has 0 saturated heterocycles. The molecule has 0 bridgehead atoms. The number of carboxylic acids is 1. The Balaban J connectivity index is 2.29. The summed E-state index contributed by atoms with van der Waals surface area (Å²) in [7, 11) is 0. The predicted octanol–water partition coefficient (Wildman–Crippen LogP) is 2.33. The van der Waals surface area contributed by atoms with Crippen LogP contribution in [0.2, 0.25) is 0 Å². The molecule has 5 nitrogen and oxygen atoms in total. The van der Waals surface area contributed by atoms with Gasteiger partial charge >= 0.3 is 5.97 Å². The molecule has 90 valence electrons. The van der Waals surface area contributed by atoms with Crippen molar-refractivity contribution >= 4 is 5.97 Å². The maximum Gasteiger partial charge on any atom is 0.358 e. The van der Waals surface area contributed by atoms with Crippen LogP contribution in [0.5, 0.6) is 0 Å². The summed E-state index contributed by atoms with van der Waals surface area (Å²) in [6.45, 7) is 5.17. The maximum absolute atomic E-state index is 10.5. The zero-order valence-corrected chi connectivity index (χ0v) is 9.60. The van der Waals surface area contributed by atoms with Crippen LogP contribution in [0.4, 0.5) is 0 Å². The van der Waals surface area contributed by atoms with E-state index in [2.05, 4.69) is 19.0 Å². The highest BCUT2D eigenvalue weighted by atomic mass is 16.5. The van der Waals surface area contributed by atoms with Crippen LogP contribution in [0.3, 0.4) is 0 Å². The Kier molecular flexibility index (Phi) is 4.98. The van der Waals surface area contributed by atoms with Gasteiger partial charge < -0.3 is 14.4 Å². The van der Waals surface area contributed by atoms with Crippen molar-refractivity contribution in [2.24, 2.45) is 5.92 Å². The molecule has 0 amide bonds. The molecule has 0 saturated carbocycles. The van der Waals surface area contributed by atoms with E-state index in [1.165, 1.54) is 6.07 Å². The van der Waals surface area contributed by atoms with Crippen molar-refractivity contribution in [3.05, 3.63) is 17.5 Å². The largest absolute Gasteiger partial charge is 0.476 e. The van der Waals surface area contributed by atoms with Gasteiger partial charge in [0.2, 0.25) is 0 Å². The Morgan fingerprint density at radius 3 is 3.00 bits per heavy atom. The molecule has 1 N–H and O–H groups in total. The number of aromatic carboxylic acids is 1. The summed E-state index contributed by atoms with van der Waals surface area (Å²) in [4.78, 5) is 10.5. The summed E-state index contributed by atoms with van der Waals surface area (Å²) in [5, 5.41) is 12.0. The molecule has 0 aliphatic carbocycles. The van der Waals surface area contributed by atoms with E-state index >= 15 is 0 Å². The third kappa shape index (κ3) is 4.02. The molecule has 0 fully saturated rings. The Morgan fingerprint density at radius 2 is 2.44 bits per heavy atom. The van der Waals surface area contributed by atoms with E-state index < -0.39 is 5.97 Å². The van der Waals surface area contributed by atoms with E-state index in [0.29, 0.717) is 18.3 Å². The van der Waals surface area contributed by atoms with Gasteiger partial charge in [-0.1, -0.05) is 25.4 Å². The average molecular weight is 227 g/mol. The van der Waals surface area contributed by atoms with Gasteiger partial charge in [-0.2, -0.15) is 0 Å². The van der Waals surface area contributed by atoms with Crippen LogP contribution < -0.4 is 0 Å². The van der Waals surface area contributed by atoms with Gasteiger partial charge in [0.25, 0.3) is 0 Å². The van der Waals surface area contributed by atoms with Crippen molar-refractivity contribution < 1.29 is 19.2 Å². The summed E-state index contributed by atoms with van der Waals surface area (Å²) in [6, 6.07) is 1.38. The lowest BCUT2D eigenvalue weighted by molar-refractivity contribution is 0.0679. The number of ether oxygens (including phenoxy) is 1. The lowest BCUT2D eigenvalue weighted by Crippen LogP contribution is -2.05. The normalized spacial score (nSPS) is 12.6. The summed E-state index contributed by atoms with van der Waals surface area (Å²) >= 11 is 0. The van der Waals surface area contributed by atoms with Crippen LogP contribution in [0.25, 0.3) is 0 Å². The molecule has 1 atom stereocenters. The third-order valence-electron chi connectivity index (χ3n) is 2.21. The summed E-state index contributed by atoms with van der Waals surface area (Å²) in [6.07, 6.45) is 2.26. The molecule has 0 spiro atoms. The number of carboxylic acid groups (broad SMARTS) is 1. The van der Waals surface area contributed by atoms with E-state index in [-0.39, 0.29) is 12.3 Å². The van der Waals surface area contributed by atoms with Gasteiger partial charge in [0, 0.05) is 12.7 Å². The lowest BCUT2D eigenvalue weighted by atomic mass is 10.1. The third-order valence-corrected chi connectivity index (χ3v) is 2.21. The molecule has 0 aliphatic rings. The van der Waals surface area contributed by atoms with Crippen molar-refractivity contribution in [1.82, 2.24) is 5.16 Å². The van der Waals surface area contributed by atoms with Crippen LogP contribution in [0.1, 0.15) is 42.9 Å². The highest BCUT2D eigenvalue weighted by molar-refractivity contribution is 5.85. The Bertz CT molecular complexity index is 334. The molecule has 1 heterocycles. The van der Waals surface area contributed by atoms with Gasteiger partial charge in [-0.25, -0.2) is 4.79 Å². The Hall–Kier alpha value is -1.36. The highest BCUT2D eigenvalue weighted by Gasteiger charge is 2.10. The lowest BCUT2D eigenvalue weighted by Gasteiger charge is -2.08. The molecule has 1 aromatic rings. The summed E-state index contributed by atoms with van der Waals surface area (Å²) < 4.78 is 10.2. The van der Waals surface area contributed by atoms with E-state index in [4.69, 9.17) is 14.4 Å². The second kappa shape index (κ2) is 6.27. The van der Waals surface area contributed by atoms with Crippen molar-refractivity contribution in [3.8, 4) is 0 Å².